The van der Waals surface area contributed by atoms with Crippen molar-refractivity contribution in [2.24, 2.45) is 0 Å². The Morgan fingerprint density at radius 2 is 1.35 bits per heavy atom. The Morgan fingerprint density at radius 3 is 1.85 bits per heavy atom. The van der Waals surface area contributed by atoms with E-state index in [9.17, 15) is 23.6 Å². The molecule has 0 heterocycles. The molecule has 0 aliphatic heterocycles. The molecule has 208 valence electrons. The van der Waals surface area contributed by atoms with E-state index in [2.05, 4.69) is 0 Å². The van der Waals surface area contributed by atoms with Crippen molar-refractivity contribution in [2.45, 2.75) is 24.1 Å². The third kappa shape index (κ3) is 7.23. The van der Waals surface area contributed by atoms with E-state index in [1.54, 1.807) is 18.2 Å². The van der Waals surface area contributed by atoms with Gasteiger partial charge in [0, 0.05) is 31.8 Å². The number of aliphatic hydroxyl groups is 1. The normalized spacial score (nSPS) is 12.2. The van der Waals surface area contributed by atoms with Gasteiger partial charge in [-0.2, -0.15) is 0 Å². The SMILES string of the molecule is COc1ccc([N+](=O)[O-])cc1N(C[C@@H](O)CN(Cc1ccccc1)Cc1ccccc1)S(=O)(=O)c1ccccc1. The second kappa shape index (κ2) is 13.2. The summed E-state index contributed by atoms with van der Waals surface area (Å²) in [4.78, 5) is 13.0. The fourth-order valence-electron chi connectivity index (χ4n) is 4.45. The quantitative estimate of drug-likeness (QED) is 0.183. The molecule has 40 heavy (non-hydrogen) atoms. The van der Waals surface area contributed by atoms with Crippen LogP contribution in [-0.2, 0) is 23.1 Å². The van der Waals surface area contributed by atoms with E-state index in [0.29, 0.717) is 13.1 Å². The molecule has 1 atom stereocenters. The predicted octanol–water partition coefficient (Wildman–Crippen LogP) is 4.86. The first-order valence-corrected chi connectivity index (χ1v) is 14.1. The Bertz CT molecular complexity index is 1460. The molecule has 4 aromatic rings. The average Bonchev–Trinajstić information content (AvgIpc) is 2.97. The average molecular weight is 562 g/mol. The molecule has 1 N–H and O–H groups in total. The first kappa shape index (κ1) is 28.8. The van der Waals surface area contributed by atoms with Crippen molar-refractivity contribution in [3.63, 3.8) is 0 Å². The highest BCUT2D eigenvalue weighted by atomic mass is 32.2. The van der Waals surface area contributed by atoms with Crippen LogP contribution in [0.5, 0.6) is 5.75 Å². The number of sulfonamides is 1. The van der Waals surface area contributed by atoms with E-state index < -0.39 is 21.1 Å². The molecule has 4 rings (SSSR count). The number of methoxy groups -OCH3 is 1. The first-order chi connectivity index (χ1) is 19.3. The molecule has 0 aliphatic carbocycles. The van der Waals surface area contributed by atoms with E-state index in [0.717, 1.165) is 21.5 Å². The first-order valence-electron chi connectivity index (χ1n) is 12.7. The zero-order valence-corrected chi connectivity index (χ0v) is 22.9. The van der Waals surface area contributed by atoms with Crippen LogP contribution in [0.15, 0.2) is 114 Å². The maximum Gasteiger partial charge on any atom is 0.271 e. The van der Waals surface area contributed by atoms with Crippen molar-refractivity contribution in [2.75, 3.05) is 24.5 Å². The lowest BCUT2D eigenvalue weighted by atomic mass is 10.1. The van der Waals surface area contributed by atoms with Gasteiger partial charge in [0.05, 0.1) is 29.6 Å². The number of nitro groups is 1. The molecular formula is C30H31N3O6S. The summed E-state index contributed by atoms with van der Waals surface area (Å²) in [7, 11) is -2.87. The molecule has 0 radical (unpaired) electrons. The second-order valence-electron chi connectivity index (χ2n) is 9.26. The van der Waals surface area contributed by atoms with Crippen molar-refractivity contribution in [3.8, 4) is 5.75 Å². The van der Waals surface area contributed by atoms with Crippen LogP contribution in [0.3, 0.4) is 0 Å². The topological polar surface area (TPSA) is 113 Å². The van der Waals surface area contributed by atoms with Crippen LogP contribution in [-0.4, -0.2) is 49.7 Å². The Morgan fingerprint density at radius 1 is 0.825 bits per heavy atom. The number of non-ortho nitro benzene ring substituents is 1. The van der Waals surface area contributed by atoms with Crippen molar-refractivity contribution >= 4 is 21.4 Å². The highest BCUT2D eigenvalue weighted by Gasteiger charge is 2.31. The Kier molecular flexibility index (Phi) is 9.49. The Hall–Kier alpha value is -4.25. The fraction of sp³-hybridized carbons (Fsp3) is 0.200. The van der Waals surface area contributed by atoms with Gasteiger partial charge in [-0.1, -0.05) is 78.9 Å². The minimum atomic E-state index is -4.23. The number of nitrogens with zero attached hydrogens (tertiary/aromatic N) is 3. The molecule has 0 unspecified atom stereocenters. The van der Waals surface area contributed by atoms with Gasteiger partial charge in [-0.15, -0.1) is 0 Å². The molecule has 0 aromatic heterocycles. The van der Waals surface area contributed by atoms with Crippen LogP contribution >= 0.6 is 0 Å². The third-order valence-electron chi connectivity index (χ3n) is 6.32. The number of hydrogen-bond acceptors (Lipinski definition) is 7. The number of benzene rings is 4. The molecule has 0 saturated carbocycles. The minimum absolute atomic E-state index is 0.0128. The van der Waals surface area contributed by atoms with Gasteiger partial charge in [0.2, 0.25) is 0 Å². The van der Waals surface area contributed by atoms with Gasteiger partial charge in [-0.25, -0.2) is 8.42 Å². The highest BCUT2D eigenvalue weighted by molar-refractivity contribution is 7.92. The van der Waals surface area contributed by atoms with Gasteiger partial charge >= 0.3 is 0 Å². The number of anilines is 1. The van der Waals surface area contributed by atoms with Crippen molar-refractivity contribution < 1.29 is 23.2 Å². The number of hydrogen-bond donors (Lipinski definition) is 1. The largest absolute Gasteiger partial charge is 0.495 e. The molecule has 0 bridgehead atoms. The highest BCUT2D eigenvalue weighted by Crippen LogP contribution is 2.36. The van der Waals surface area contributed by atoms with Crippen LogP contribution in [0.2, 0.25) is 0 Å². The fourth-order valence-corrected chi connectivity index (χ4v) is 5.97. The summed E-state index contributed by atoms with van der Waals surface area (Å²) in [5.41, 5.74) is 1.75. The van der Waals surface area contributed by atoms with Crippen LogP contribution in [0, 0.1) is 10.1 Å². The maximum absolute atomic E-state index is 13.9. The van der Waals surface area contributed by atoms with Gasteiger partial charge in [-0.05, 0) is 29.3 Å². The Labute approximate surface area is 234 Å². The Balaban J connectivity index is 1.68. The van der Waals surface area contributed by atoms with E-state index in [1.165, 1.54) is 31.4 Å². The van der Waals surface area contributed by atoms with E-state index in [-0.39, 0.29) is 35.1 Å². The smallest absolute Gasteiger partial charge is 0.271 e. The van der Waals surface area contributed by atoms with E-state index >= 15 is 0 Å². The summed E-state index contributed by atoms with van der Waals surface area (Å²) in [6.45, 7) is 0.841. The summed E-state index contributed by atoms with van der Waals surface area (Å²) in [5, 5.41) is 22.9. The summed E-state index contributed by atoms with van der Waals surface area (Å²) >= 11 is 0. The van der Waals surface area contributed by atoms with E-state index in [1.807, 2.05) is 65.6 Å². The van der Waals surface area contributed by atoms with Crippen molar-refractivity contribution in [1.29, 1.82) is 0 Å². The van der Waals surface area contributed by atoms with Gasteiger partial charge < -0.3 is 9.84 Å². The molecule has 0 fully saturated rings. The van der Waals surface area contributed by atoms with Crippen LogP contribution in [0.1, 0.15) is 11.1 Å². The molecule has 10 heteroatoms. The zero-order chi connectivity index (χ0) is 28.5. The lowest BCUT2D eigenvalue weighted by Crippen LogP contribution is -2.42. The van der Waals surface area contributed by atoms with Gasteiger partial charge in [0.25, 0.3) is 15.7 Å². The second-order valence-corrected chi connectivity index (χ2v) is 11.1. The predicted molar refractivity (Wildman–Crippen MR) is 154 cm³/mol. The standard InChI is InChI=1S/C30H31N3O6S/c1-39-30-18-17-26(33(35)36)19-29(30)32(40(37,38)28-15-9-4-10-16-28)23-27(34)22-31(20-24-11-5-2-6-12-24)21-25-13-7-3-8-14-25/h2-19,27,34H,20-23H2,1H3/t27-/m0/s1. The summed E-state index contributed by atoms with van der Waals surface area (Å²) < 4.78 is 34.1. The molecule has 4 aromatic carbocycles. The van der Waals surface area contributed by atoms with Crippen molar-refractivity contribution in [1.82, 2.24) is 4.90 Å². The number of nitro benzene ring substituents is 1. The number of ether oxygens (including phenoxy) is 1. The summed E-state index contributed by atoms with van der Waals surface area (Å²) in [6.07, 6.45) is -1.14. The van der Waals surface area contributed by atoms with Crippen LogP contribution in [0.25, 0.3) is 0 Å². The molecule has 0 amide bonds. The van der Waals surface area contributed by atoms with Gasteiger partial charge in [0.15, 0.2) is 0 Å². The van der Waals surface area contributed by atoms with Crippen LogP contribution < -0.4 is 9.04 Å². The molecular weight excluding hydrogens is 530 g/mol. The molecule has 0 saturated heterocycles. The van der Waals surface area contributed by atoms with Gasteiger partial charge in [0.1, 0.15) is 11.4 Å². The number of aliphatic hydroxyl groups excluding tert-OH is 1. The third-order valence-corrected chi connectivity index (χ3v) is 8.11. The summed E-state index contributed by atoms with van der Waals surface area (Å²) in [5.74, 6) is 0.128. The minimum Gasteiger partial charge on any atom is -0.495 e. The molecule has 0 spiro atoms. The summed E-state index contributed by atoms with van der Waals surface area (Å²) in [6, 6.07) is 31.1. The zero-order valence-electron chi connectivity index (χ0n) is 22.0. The maximum atomic E-state index is 13.9. The monoisotopic (exact) mass is 561 g/mol. The van der Waals surface area contributed by atoms with Crippen molar-refractivity contribution in [3.05, 3.63) is 130 Å². The number of rotatable bonds is 13. The lowest BCUT2D eigenvalue weighted by molar-refractivity contribution is -0.384. The molecule has 0 aliphatic rings. The van der Waals surface area contributed by atoms with Crippen LogP contribution in [0.4, 0.5) is 11.4 Å². The molecule has 9 nitrogen and oxygen atoms in total. The van der Waals surface area contributed by atoms with E-state index in [4.69, 9.17) is 4.74 Å². The lowest BCUT2D eigenvalue weighted by Gasteiger charge is -2.31. The van der Waals surface area contributed by atoms with Gasteiger partial charge in [-0.3, -0.25) is 19.3 Å².